The predicted molar refractivity (Wildman–Crippen MR) is 172 cm³/mol. The highest BCUT2D eigenvalue weighted by atomic mass is 19.3. The lowest BCUT2D eigenvalue weighted by molar-refractivity contribution is -0.345. The van der Waals surface area contributed by atoms with Gasteiger partial charge in [-0.25, -0.2) is 0 Å². The van der Waals surface area contributed by atoms with Gasteiger partial charge in [0.2, 0.25) is 6.29 Å². The summed E-state index contributed by atoms with van der Waals surface area (Å²) in [5.41, 5.74) is 3.42. The first-order chi connectivity index (χ1) is 23.0. The highest BCUT2D eigenvalue weighted by Crippen LogP contribution is 2.39. The predicted octanol–water partition coefficient (Wildman–Crippen LogP) is 6.72. The van der Waals surface area contributed by atoms with Crippen LogP contribution in [-0.4, -0.2) is 61.1 Å². The van der Waals surface area contributed by atoms with Crippen LogP contribution in [0.25, 0.3) is 0 Å². The molecule has 0 aliphatic carbocycles. The van der Waals surface area contributed by atoms with Crippen molar-refractivity contribution in [2.24, 2.45) is 0 Å². The minimum Gasteiger partial charge on any atom is -0.374 e. The maximum Gasteiger partial charge on any atom is 0.325 e. The zero-order valence-corrected chi connectivity index (χ0v) is 26.4. The van der Waals surface area contributed by atoms with Crippen LogP contribution in [-0.2, 0) is 54.8 Å². The third kappa shape index (κ3) is 9.74. The lowest BCUT2D eigenvalue weighted by Gasteiger charge is -2.48. The van der Waals surface area contributed by atoms with Gasteiger partial charge < -0.3 is 33.5 Å². The molecule has 0 bridgehead atoms. The van der Waals surface area contributed by atoms with Crippen molar-refractivity contribution in [3.63, 3.8) is 0 Å². The van der Waals surface area contributed by atoms with E-state index < -0.39 is 42.7 Å². The Labute approximate surface area is 275 Å². The topological polar surface area (TPSA) is 75.6 Å². The van der Waals surface area contributed by atoms with Crippen LogP contribution < -0.4 is 0 Å². The largest absolute Gasteiger partial charge is 0.374 e. The Hall–Kier alpha value is -3.54. The van der Waals surface area contributed by atoms with Crippen LogP contribution >= 0.6 is 0 Å². The van der Waals surface area contributed by atoms with E-state index in [0.29, 0.717) is 0 Å². The number of alkyl halides is 2. The second-order valence-electron chi connectivity index (χ2n) is 11.4. The van der Waals surface area contributed by atoms with Gasteiger partial charge >= 0.3 is 5.92 Å². The molecule has 1 aliphatic rings. The molecule has 0 aromatic heterocycles. The second-order valence-corrected chi connectivity index (χ2v) is 11.4. The van der Waals surface area contributed by atoms with Crippen LogP contribution in [0.3, 0.4) is 0 Å². The molecule has 7 nitrogen and oxygen atoms in total. The van der Waals surface area contributed by atoms with Crippen LogP contribution in [0.1, 0.15) is 29.2 Å². The van der Waals surface area contributed by atoms with E-state index in [1.54, 1.807) is 0 Å². The van der Waals surface area contributed by atoms with Gasteiger partial charge in [-0.1, -0.05) is 121 Å². The Kier molecular flexibility index (Phi) is 13.0. The van der Waals surface area contributed by atoms with Gasteiger partial charge in [0, 0.05) is 6.61 Å². The number of halogens is 2. The SMILES string of the molecule is CCOC(O)C(F)(F)[C@@H]1O[C@H](COCc2ccccc2)[C@@H](OCc2ccccc2)[C@H](OCc2ccccc2)[C@H]1OCc1ccccc1. The van der Waals surface area contributed by atoms with Gasteiger partial charge in [-0.3, -0.25) is 0 Å². The normalized spacial score (nSPS) is 22.2. The fourth-order valence-corrected chi connectivity index (χ4v) is 5.51. The molecule has 6 atom stereocenters. The van der Waals surface area contributed by atoms with Crippen LogP contribution in [0.4, 0.5) is 8.78 Å². The Bertz CT molecular complexity index is 1430. The summed E-state index contributed by atoms with van der Waals surface area (Å²) in [5.74, 6) is -3.88. The molecule has 0 saturated carbocycles. The smallest absolute Gasteiger partial charge is 0.325 e. The summed E-state index contributed by atoms with van der Waals surface area (Å²) in [7, 11) is 0. The van der Waals surface area contributed by atoms with Crippen molar-refractivity contribution in [3.05, 3.63) is 144 Å². The van der Waals surface area contributed by atoms with Crippen molar-refractivity contribution in [2.45, 2.75) is 76.1 Å². The molecular weight excluding hydrogens is 606 g/mol. The average Bonchev–Trinajstić information content (AvgIpc) is 3.11. The van der Waals surface area contributed by atoms with Gasteiger partial charge in [0.1, 0.15) is 24.4 Å². The zero-order chi connectivity index (χ0) is 32.9. The zero-order valence-electron chi connectivity index (χ0n) is 26.4. The second kappa shape index (κ2) is 17.6. The van der Waals surface area contributed by atoms with E-state index in [4.69, 9.17) is 28.4 Å². The molecular formula is C38H42F2O7. The van der Waals surface area contributed by atoms with E-state index >= 15 is 8.78 Å². The molecule has 5 rings (SSSR count). The molecule has 1 saturated heterocycles. The van der Waals surface area contributed by atoms with Crippen LogP contribution in [0.15, 0.2) is 121 Å². The summed E-state index contributed by atoms with van der Waals surface area (Å²) >= 11 is 0. The third-order valence-electron chi connectivity index (χ3n) is 7.92. The molecule has 1 N–H and O–H groups in total. The van der Waals surface area contributed by atoms with Gasteiger partial charge in [0.15, 0.2) is 6.10 Å². The Morgan fingerprint density at radius 3 is 1.47 bits per heavy atom. The quantitative estimate of drug-likeness (QED) is 0.128. The van der Waals surface area contributed by atoms with Crippen molar-refractivity contribution < 1.29 is 42.3 Å². The van der Waals surface area contributed by atoms with E-state index in [-0.39, 0.29) is 39.6 Å². The highest BCUT2D eigenvalue weighted by molar-refractivity contribution is 5.17. The number of aliphatic hydroxyl groups is 1. The van der Waals surface area contributed by atoms with E-state index in [1.807, 2.05) is 121 Å². The first-order valence-corrected chi connectivity index (χ1v) is 15.9. The highest BCUT2D eigenvalue weighted by Gasteiger charge is 2.60. The number of ether oxygens (including phenoxy) is 6. The summed E-state index contributed by atoms with van der Waals surface area (Å²) < 4.78 is 69.0. The van der Waals surface area contributed by atoms with Crippen molar-refractivity contribution in [1.82, 2.24) is 0 Å². The number of rotatable bonds is 17. The molecule has 1 aliphatic heterocycles. The van der Waals surface area contributed by atoms with Crippen LogP contribution in [0, 0.1) is 0 Å². The summed E-state index contributed by atoms with van der Waals surface area (Å²) in [6, 6.07) is 37.8. The fraction of sp³-hybridized carbons (Fsp3) is 0.368. The van der Waals surface area contributed by atoms with Crippen molar-refractivity contribution in [2.75, 3.05) is 13.2 Å². The first-order valence-electron chi connectivity index (χ1n) is 15.9. The van der Waals surface area contributed by atoms with Gasteiger partial charge in [0.05, 0.1) is 33.0 Å². The Balaban J connectivity index is 1.50. The molecule has 47 heavy (non-hydrogen) atoms. The van der Waals surface area contributed by atoms with Crippen LogP contribution in [0.2, 0.25) is 0 Å². The van der Waals surface area contributed by atoms with E-state index in [9.17, 15) is 5.11 Å². The summed E-state index contributed by atoms with van der Waals surface area (Å²) in [5, 5.41) is 10.5. The monoisotopic (exact) mass is 648 g/mol. The number of hydrogen-bond acceptors (Lipinski definition) is 7. The lowest BCUT2D eigenvalue weighted by Crippen LogP contribution is -2.67. The van der Waals surface area contributed by atoms with E-state index in [2.05, 4.69) is 0 Å². The fourth-order valence-electron chi connectivity index (χ4n) is 5.51. The molecule has 4 aromatic carbocycles. The Morgan fingerprint density at radius 1 is 0.617 bits per heavy atom. The molecule has 1 unspecified atom stereocenters. The molecule has 250 valence electrons. The molecule has 4 aromatic rings. The molecule has 0 amide bonds. The molecule has 0 spiro atoms. The van der Waals surface area contributed by atoms with Crippen LogP contribution in [0.5, 0.6) is 0 Å². The van der Waals surface area contributed by atoms with Gasteiger partial charge in [-0.05, 0) is 29.2 Å². The minimum absolute atomic E-state index is 0.00203. The molecule has 1 fully saturated rings. The summed E-state index contributed by atoms with van der Waals surface area (Å²) in [6.45, 7) is 1.83. The minimum atomic E-state index is -3.88. The van der Waals surface area contributed by atoms with Crippen molar-refractivity contribution in [1.29, 1.82) is 0 Å². The maximum absolute atomic E-state index is 16.2. The number of benzene rings is 4. The first kappa shape index (κ1) is 34.8. The van der Waals surface area contributed by atoms with Gasteiger partial charge in [-0.15, -0.1) is 0 Å². The van der Waals surface area contributed by atoms with Crippen molar-refractivity contribution in [3.8, 4) is 0 Å². The lowest BCUT2D eigenvalue weighted by atomic mass is 9.90. The molecule has 9 heteroatoms. The number of hydrogen-bond donors (Lipinski definition) is 1. The van der Waals surface area contributed by atoms with Crippen molar-refractivity contribution >= 4 is 0 Å². The van der Waals surface area contributed by atoms with E-state index in [0.717, 1.165) is 22.3 Å². The average molecular weight is 649 g/mol. The Morgan fingerprint density at radius 2 is 1.02 bits per heavy atom. The maximum atomic E-state index is 16.2. The third-order valence-corrected chi connectivity index (χ3v) is 7.92. The molecule has 0 radical (unpaired) electrons. The van der Waals surface area contributed by atoms with Gasteiger partial charge in [-0.2, -0.15) is 8.78 Å². The summed E-state index contributed by atoms with van der Waals surface area (Å²) in [6.07, 6.45) is -8.71. The number of aliphatic hydroxyl groups excluding tert-OH is 1. The molecule has 1 heterocycles. The van der Waals surface area contributed by atoms with Gasteiger partial charge in [0.25, 0.3) is 0 Å². The van der Waals surface area contributed by atoms with E-state index in [1.165, 1.54) is 6.92 Å². The standard InChI is InChI=1S/C38H42F2O7/c1-2-43-37(41)38(39,40)36-35(46-26-31-21-13-6-14-22-31)34(45-25-30-19-11-5-12-20-30)33(44-24-29-17-9-4-10-18-29)32(47-36)27-42-23-28-15-7-3-8-16-28/h3-22,32-37,41H,2,23-27H2,1H3/t32-,33-,34+,35-,36-,37?/m1/s1. The summed E-state index contributed by atoms with van der Waals surface area (Å²) in [4.78, 5) is 0.